The lowest BCUT2D eigenvalue weighted by atomic mass is 10.1. The molecule has 22 heavy (non-hydrogen) atoms. The number of ether oxygens (including phenoxy) is 1. The van der Waals surface area contributed by atoms with E-state index in [0.717, 1.165) is 0 Å². The van der Waals surface area contributed by atoms with Gasteiger partial charge in [-0.2, -0.15) is 0 Å². The minimum Gasteiger partial charge on any atom is -0.456 e. The van der Waals surface area contributed by atoms with E-state index < -0.39 is 17.5 Å². The van der Waals surface area contributed by atoms with Crippen LogP contribution in [-0.4, -0.2) is 30.6 Å². The third-order valence-electron chi connectivity index (χ3n) is 2.53. The standard InChI is InChI=1S/C11H13FO2.C4H7F2N.CH4/c1-11(2,3)14-10(13)8-4-6-9(12)7-5-8;5-4(6)1-2-7-3-4;/h4-7H,1-3H3;7H,1-3H2;1H4. The molecule has 2 rings (SSSR count). The Morgan fingerprint density at radius 1 is 1.23 bits per heavy atom. The normalized spacial score (nSPS) is 16.1. The molecule has 0 amide bonds. The second-order valence-corrected chi connectivity index (χ2v) is 5.79. The van der Waals surface area contributed by atoms with Gasteiger partial charge in [0.15, 0.2) is 0 Å². The highest BCUT2D eigenvalue weighted by atomic mass is 19.3. The number of alkyl halides is 2. The average Bonchev–Trinajstić information content (AvgIpc) is 2.73. The summed E-state index contributed by atoms with van der Waals surface area (Å²) in [5, 5.41) is 2.56. The maximum Gasteiger partial charge on any atom is 0.338 e. The number of esters is 1. The van der Waals surface area contributed by atoms with Crippen LogP contribution in [0.4, 0.5) is 13.2 Å². The molecule has 1 aromatic rings. The van der Waals surface area contributed by atoms with Crippen LogP contribution in [0.5, 0.6) is 0 Å². The van der Waals surface area contributed by atoms with Gasteiger partial charge in [0.25, 0.3) is 5.92 Å². The number of hydrogen-bond acceptors (Lipinski definition) is 3. The van der Waals surface area contributed by atoms with Crippen molar-refractivity contribution in [2.75, 3.05) is 13.1 Å². The first kappa shape index (κ1) is 20.4. The summed E-state index contributed by atoms with van der Waals surface area (Å²) in [6.07, 6.45) is 0.00694. The van der Waals surface area contributed by atoms with E-state index in [0.29, 0.717) is 12.1 Å². The smallest absolute Gasteiger partial charge is 0.338 e. The van der Waals surface area contributed by atoms with Crippen LogP contribution in [0.2, 0.25) is 0 Å². The number of nitrogens with one attached hydrogen (secondary N) is 1. The molecule has 1 aliphatic heterocycles. The second kappa shape index (κ2) is 8.17. The van der Waals surface area contributed by atoms with Gasteiger partial charge in [-0.15, -0.1) is 0 Å². The van der Waals surface area contributed by atoms with E-state index in [4.69, 9.17) is 4.74 Å². The molecular formula is C16H24F3NO2. The first-order valence-corrected chi connectivity index (χ1v) is 6.66. The van der Waals surface area contributed by atoms with Gasteiger partial charge in [-0.3, -0.25) is 0 Å². The van der Waals surface area contributed by atoms with Crippen LogP contribution in [0.1, 0.15) is 45.0 Å². The lowest BCUT2D eigenvalue weighted by molar-refractivity contribution is 0.00690. The number of hydrogen-bond donors (Lipinski definition) is 1. The van der Waals surface area contributed by atoms with Gasteiger partial charge in [-0.1, -0.05) is 7.43 Å². The molecule has 3 nitrogen and oxygen atoms in total. The van der Waals surface area contributed by atoms with Crippen molar-refractivity contribution < 1.29 is 22.7 Å². The van der Waals surface area contributed by atoms with Crippen molar-refractivity contribution >= 4 is 5.97 Å². The van der Waals surface area contributed by atoms with Crippen molar-refractivity contribution in [1.29, 1.82) is 0 Å². The van der Waals surface area contributed by atoms with E-state index in [-0.39, 0.29) is 26.2 Å². The molecule has 126 valence electrons. The molecule has 0 spiro atoms. The Bertz CT molecular complexity index is 459. The summed E-state index contributed by atoms with van der Waals surface area (Å²) < 4.78 is 41.4. The van der Waals surface area contributed by atoms with Crippen LogP contribution in [0.3, 0.4) is 0 Å². The molecule has 0 aliphatic carbocycles. The molecule has 1 fully saturated rings. The monoisotopic (exact) mass is 319 g/mol. The van der Waals surface area contributed by atoms with Gasteiger partial charge in [0, 0.05) is 13.0 Å². The number of carbonyl (C=O) groups excluding carboxylic acids is 1. The van der Waals surface area contributed by atoms with Gasteiger partial charge in [0.2, 0.25) is 0 Å². The van der Waals surface area contributed by atoms with E-state index in [9.17, 15) is 18.0 Å². The summed E-state index contributed by atoms with van der Waals surface area (Å²) in [6.45, 7) is 5.69. The summed E-state index contributed by atoms with van der Waals surface area (Å²) in [7, 11) is 0. The van der Waals surface area contributed by atoms with Gasteiger partial charge in [0.1, 0.15) is 11.4 Å². The maximum atomic E-state index is 12.5. The van der Waals surface area contributed by atoms with Crippen molar-refractivity contribution in [2.45, 2.75) is 46.1 Å². The van der Waals surface area contributed by atoms with Crippen molar-refractivity contribution in [3.63, 3.8) is 0 Å². The molecule has 0 unspecified atom stereocenters. The highest BCUT2D eigenvalue weighted by molar-refractivity contribution is 5.89. The Morgan fingerprint density at radius 2 is 1.77 bits per heavy atom. The van der Waals surface area contributed by atoms with E-state index in [1.807, 2.05) is 0 Å². The quantitative estimate of drug-likeness (QED) is 0.794. The zero-order chi connectivity index (χ0) is 16.1. The summed E-state index contributed by atoms with van der Waals surface area (Å²) in [5.74, 6) is -3.21. The van der Waals surface area contributed by atoms with E-state index in [2.05, 4.69) is 5.32 Å². The summed E-state index contributed by atoms with van der Waals surface area (Å²) in [4.78, 5) is 11.4. The first-order chi connectivity index (χ1) is 9.59. The third-order valence-corrected chi connectivity index (χ3v) is 2.53. The molecular weight excluding hydrogens is 295 g/mol. The molecule has 0 aromatic heterocycles. The summed E-state index contributed by atoms with van der Waals surface area (Å²) in [6, 6.07) is 5.28. The largest absolute Gasteiger partial charge is 0.456 e. The van der Waals surface area contributed by atoms with Crippen molar-refractivity contribution in [2.24, 2.45) is 0 Å². The third kappa shape index (κ3) is 8.02. The van der Waals surface area contributed by atoms with Crippen LogP contribution in [0, 0.1) is 5.82 Å². The molecule has 1 aromatic carbocycles. The Balaban J connectivity index is 0.000000465. The molecule has 6 heteroatoms. The Hall–Kier alpha value is -1.56. The fourth-order valence-corrected chi connectivity index (χ4v) is 1.55. The van der Waals surface area contributed by atoms with E-state index >= 15 is 0 Å². The minimum atomic E-state index is -2.42. The first-order valence-electron chi connectivity index (χ1n) is 6.66. The molecule has 0 atom stereocenters. The van der Waals surface area contributed by atoms with E-state index in [1.54, 1.807) is 20.8 Å². The lowest BCUT2D eigenvalue weighted by Crippen LogP contribution is -2.23. The van der Waals surface area contributed by atoms with Crippen LogP contribution in [0.25, 0.3) is 0 Å². The second-order valence-electron chi connectivity index (χ2n) is 5.79. The zero-order valence-corrected chi connectivity index (χ0v) is 12.4. The van der Waals surface area contributed by atoms with Crippen LogP contribution >= 0.6 is 0 Å². The van der Waals surface area contributed by atoms with Crippen molar-refractivity contribution in [3.05, 3.63) is 35.6 Å². The Kier molecular flexibility index (Phi) is 7.59. The van der Waals surface area contributed by atoms with Gasteiger partial charge in [0.05, 0.1) is 12.1 Å². The number of halogens is 3. The summed E-state index contributed by atoms with van der Waals surface area (Å²) in [5.41, 5.74) is -0.160. The number of rotatable bonds is 1. The molecule has 1 saturated heterocycles. The molecule has 0 radical (unpaired) electrons. The van der Waals surface area contributed by atoms with Crippen LogP contribution < -0.4 is 5.32 Å². The predicted octanol–water partition coefficient (Wildman–Crippen LogP) is 4.03. The van der Waals surface area contributed by atoms with Gasteiger partial charge in [-0.05, 0) is 45.0 Å². The van der Waals surface area contributed by atoms with Crippen LogP contribution in [0.15, 0.2) is 24.3 Å². The lowest BCUT2D eigenvalue weighted by Gasteiger charge is -2.19. The fourth-order valence-electron chi connectivity index (χ4n) is 1.55. The molecule has 1 heterocycles. The highest BCUT2D eigenvalue weighted by Crippen LogP contribution is 2.19. The van der Waals surface area contributed by atoms with Gasteiger partial charge < -0.3 is 10.1 Å². The van der Waals surface area contributed by atoms with E-state index in [1.165, 1.54) is 24.3 Å². The molecule has 0 bridgehead atoms. The molecule has 0 saturated carbocycles. The average molecular weight is 319 g/mol. The fraction of sp³-hybridized carbons (Fsp3) is 0.562. The van der Waals surface area contributed by atoms with Gasteiger partial charge in [-0.25, -0.2) is 18.0 Å². The topological polar surface area (TPSA) is 38.3 Å². The minimum absolute atomic E-state index is 0. The van der Waals surface area contributed by atoms with Gasteiger partial charge >= 0.3 is 5.97 Å². The predicted molar refractivity (Wildman–Crippen MR) is 80.7 cm³/mol. The van der Waals surface area contributed by atoms with Crippen LogP contribution in [-0.2, 0) is 4.74 Å². The molecule has 1 aliphatic rings. The maximum absolute atomic E-state index is 12.5. The SMILES string of the molecule is C.CC(C)(C)OC(=O)c1ccc(F)cc1.FC1(F)CCNC1. The number of benzene rings is 1. The number of carbonyl (C=O) groups is 1. The Morgan fingerprint density at radius 3 is 2.09 bits per heavy atom. The molecule has 1 N–H and O–H groups in total. The summed E-state index contributed by atoms with van der Waals surface area (Å²) >= 11 is 0. The van der Waals surface area contributed by atoms with Crippen molar-refractivity contribution in [1.82, 2.24) is 5.32 Å². The highest BCUT2D eigenvalue weighted by Gasteiger charge is 2.32. The van der Waals surface area contributed by atoms with Crippen molar-refractivity contribution in [3.8, 4) is 0 Å². The zero-order valence-electron chi connectivity index (χ0n) is 12.4. The Labute approximate surface area is 129 Å².